The standard InChI is InChI=1S/C28H26O2S/c1-3-22-6-12-25(13-7-22)26-14-8-23(9-15-26)20-24-10-18-28(19-11-24)31(29,30)27-16-4-21(2)5-17-27/h4-19H,3,20H2,1-2H3. The number of hydrogen-bond acceptors (Lipinski definition) is 2. The van der Waals surface area contributed by atoms with Crippen LogP contribution in [0, 0.1) is 6.92 Å². The Morgan fingerprint density at radius 3 is 1.39 bits per heavy atom. The van der Waals surface area contributed by atoms with Crippen molar-refractivity contribution in [2.75, 3.05) is 0 Å². The van der Waals surface area contributed by atoms with E-state index in [2.05, 4.69) is 55.5 Å². The summed E-state index contributed by atoms with van der Waals surface area (Å²) in [5.74, 6) is 0. The highest BCUT2D eigenvalue weighted by atomic mass is 32.2. The van der Waals surface area contributed by atoms with Crippen LogP contribution in [-0.4, -0.2) is 8.42 Å². The van der Waals surface area contributed by atoms with E-state index >= 15 is 0 Å². The largest absolute Gasteiger partial charge is 0.219 e. The Morgan fingerprint density at radius 2 is 0.935 bits per heavy atom. The van der Waals surface area contributed by atoms with Gasteiger partial charge in [-0.3, -0.25) is 0 Å². The van der Waals surface area contributed by atoms with E-state index in [1.54, 1.807) is 24.3 Å². The number of aryl methyl sites for hydroxylation is 2. The van der Waals surface area contributed by atoms with Crippen molar-refractivity contribution in [3.63, 3.8) is 0 Å². The van der Waals surface area contributed by atoms with E-state index in [-0.39, 0.29) is 0 Å². The monoisotopic (exact) mass is 426 g/mol. The smallest absolute Gasteiger partial charge is 0.206 e. The highest BCUT2D eigenvalue weighted by Gasteiger charge is 2.17. The highest BCUT2D eigenvalue weighted by Crippen LogP contribution is 2.24. The quantitative estimate of drug-likeness (QED) is 0.346. The van der Waals surface area contributed by atoms with Crippen LogP contribution in [0.25, 0.3) is 11.1 Å². The maximum absolute atomic E-state index is 12.8. The molecule has 0 radical (unpaired) electrons. The second kappa shape index (κ2) is 8.91. The molecule has 2 nitrogen and oxygen atoms in total. The van der Waals surface area contributed by atoms with Crippen LogP contribution in [0.4, 0.5) is 0 Å². The Kier molecular flexibility index (Phi) is 6.06. The molecule has 0 saturated heterocycles. The van der Waals surface area contributed by atoms with Gasteiger partial charge in [-0.1, -0.05) is 85.3 Å². The Balaban J connectivity index is 1.48. The molecule has 156 valence electrons. The van der Waals surface area contributed by atoms with Crippen molar-refractivity contribution in [1.82, 2.24) is 0 Å². The topological polar surface area (TPSA) is 34.1 Å². The minimum atomic E-state index is -3.49. The van der Waals surface area contributed by atoms with Crippen LogP contribution in [-0.2, 0) is 22.7 Å². The number of benzene rings is 4. The zero-order valence-corrected chi connectivity index (χ0v) is 18.7. The Bertz CT molecular complexity index is 1250. The molecule has 0 aliphatic rings. The zero-order valence-electron chi connectivity index (χ0n) is 17.9. The van der Waals surface area contributed by atoms with Gasteiger partial charge in [0.2, 0.25) is 9.84 Å². The lowest BCUT2D eigenvalue weighted by atomic mass is 9.99. The predicted octanol–water partition coefficient (Wildman–Crippen LogP) is 6.65. The third-order valence-electron chi connectivity index (χ3n) is 5.62. The molecular weight excluding hydrogens is 400 g/mol. The van der Waals surface area contributed by atoms with Gasteiger partial charge in [0, 0.05) is 0 Å². The van der Waals surface area contributed by atoms with E-state index in [0.29, 0.717) is 9.79 Å². The van der Waals surface area contributed by atoms with Crippen molar-refractivity contribution >= 4 is 9.84 Å². The van der Waals surface area contributed by atoms with Crippen molar-refractivity contribution in [1.29, 1.82) is 0 Å². The molecule has 4 rings (SSSR count). The van der Waals surface area contributed by atoms with Crippen molar-refractivity contribution in [3.05, 3.63) is 119 Å². The lowest BCUT2D eigenvalue weighted by molar-refractivity contribution is 0.596. The molecule has 3 heteroatoms. The number of hydrogen-bond donors (Lipinski definition) is 0. The fraction of sp³-hybridized carbons (Fsp3) is 0.143. The van der Waals surface area contributed by atoms with Gasteiger partial charge in [0.1, 0.15) is 0 Å². The summed E-state index contributed by atoms with van der Waals surface area (Å²) in [4.78, 5) is 0.652. The summed E-state index contributed by atoms with van der Waals surface area (Å²) in [7, 11) is -3.49. The van der Waals surface area contributed by atoms with Gasteiger partial charge in [-0.15, -0.1) is 0 Å². The average Bonchev–Trinajstić information content (AvgIpc) is 2.80. The molecule has 0 aliphatic heterocycles. The summed E-state index contributed by atoms with van der Waals surface area (Å²) in [5, 5.41) is 0. The van der Waals surface area contributed by atoms with E-state index in [0.717, 1.165) is 24.0 Å². The third kappa shape index (κ3) is 4.78. The van der Waals surface area contributed by atoms with E-state index in [4.69, 9.17) is 0 Å². The highest BCUT2D eigenvalue weighted by molar-refractivity contribution is 7.91. The van der Waals surface area contributed by atoms with Crippen molar-refractivity contribution in [2.24, 2.45) is 0 Å². The number of sulfone groups is 1. The molecular formula is C28H26O2S. The van der Waals surface area contributed by atoms with E-state index in [9.17, 15) is 8.42 Å². The molecule has 0 spiro atoms. The van der Waals surface area contributed by atoms with Crippen LogP contribution in [0.2, 0.25) is 0 Å². The Hall–Kier alpha value is -3.17. The lowest BCUT2D eigenvalue weighted by Crippen LogP contribution is -2.02. The van der Waals surface area contributed by atoms with Crippen LogP contribution in [0.5, 0.6) is 0 Å². The lowest BCUT2D eigenvalue weighted by Gasteiger charge is -2.08. The van der Waals surface area contributed by atoms with Gasteiger partial charge < -0.3 is 0 Å². The van der Waals surface area contributed by atoms with E-state index in [1.807, 2.05) is 31.2 Å². The van der Waals surface area contributed by atoms with Crippen LogP contribution in [0.1, 0.15) is 29.2 Å². The second-order valence-electron chi connectivity index (χ2n) is 7.88. The molecule has 0 N–H and O–H groups in total. The first-order chi connectivity index (χ1) is 15.0. The van der Waals surface area contributed by atoms with Crippen LogP contribution < -0.4 is 0 Å². The first-order valence-electron chi connectivity index (χ1n) is 10.5. The molecule has 0 atom stereocenters. The van der Waals surface area contributed by atoms with E-state index in [1.165, 1.54) is 22.3 Å². The second-order valence-corrected chi connectivity index (χ2v) is 9.83. The maximum Gasteiger partial charge on any atom is 0.206 e. The summed E-state index contributed by atoms with van der Waals surface area (Å²) >= 11 is 0. The number of rotatable bonds is 6. The van der Waals surface area contributed by atoms with Crippen LogP contribution >= 0.6 is 0 Å². The minimum absolute atomic E-state index is 0.325. The molecule has 4 aromatic rings. The normalized spacial score (nSPS) is 11.4. The maximum atomic E-state index is 12.8. The third-order valence-corrected chi connectivity index (χ3v) is 7.41. The first kappa shape index (κ1) is 21.1. The van der Waals surface area contributed by atoms with Crippen molar-refractivity contribution in [3.8, 4) is 11.1 Å². The SMILES string of the molecule is CCc1ccc(-c2ccc(Cc3ccc(S(=O)(=O)c4ccc(C)cc4)cc3)cc2)cc1. The first-order valence-corrected chi connectivity index (χ1v) is 12.0. The predicted molar refractivity (Wildman–Crippen MR) is 127 cm³/mol. The van der Waals surface area contributed by atoms with Gasteiger partial charge in [0.25, 0.3) is 0 Å². The summed E-state index contributed by atoms with van der Waals surface area (Å²) in [6.07, 6.45) is 1.81. The molecule has 0 aromatic heterocycles. The van der Waals surface area contributed by atoms with Gasteiger partial charge in [-0.05, 0) is 71.8 Å². The van der Waals surface area contributed by atoms with Gasteiger partial charge in [-0.2, -0.15) is 0 Å². The molecule has 0 unspecified atom stereocenters. The Morgan fingerprint density at radius 1 is 0.548 bits per heavy atom. The fourth-order valence-corrected chi connectivity index (χ4v) is 4.88. The summed E-state index contributed by atoms with van der Waals surface area (Å²) < 4.78 is 25.7. The van der Waals surface area contributed by atoms with E-state index < -0.39 is 9.84 Å². The van der Waals surface area contributed by atoms with Crippen LogP contribution in [0.15, 0.2) is 107 Å². The minimum Gasteiger partial charge on any atom is -0.219 e. The molecule has 0 bridgehead atoms. The molecule has 31 heavy (non-hydrogen) atoms. The van der Waals surface area contributed by atoms with Gasteiger partial charge in [0.15, 0.2) is 0 Å². The molecule has 0 aliphatic carbocycles. The molecule has 4 aromatic carbocycles. The van der Waals surface area contributed by atoms with Crippen LogP contribution in [0.3, 0.4) is 0 Å². The summed E-state index contributed by atoms with van der Waals surface area (Å²) in [6.45, 7) is 4.11. The summed E-state index contributed by atoms with van der Waals surface area (Å²) in [5.41, 5.74) is 7.08. The average molecular weight is 427 g/mol. The summed E-state index contributed by atoms with van der Waals surface area (Å²) in [6, 6.07) is 31.4. The van der Waals surface area contributed by atoms with Gasteiger partial charge in [0.05, 0.1) is 9.79 Å². The molecule has 0 saturated carbocycles. The van der Waals surface area contributed by atoms with Crippen molar-refractivity contribution < 1.29 is 8.42 Å². The zero-order chi connectivity index (χ0) is 21.8. The van der Waals surface area contributed by atoms with Gasteiger partial charge >= 0.3 is 0 Å². The van der Waals surface area contributed by atoms with Gasteiger partial charge in [-0.25, -0.2) is 8.42 Å². The molecule has 0 heterocycles. The van der Waals surface area contributed by atoms with Crippen molar-refractivity contribution in [2.45, 2.75) is 36.5 Å². The fourth-order valence-electron chi connectivity index (χ4n) is 3.62. The molecule has 0 fully saturated rings. The molecule has 0 amide bonds. The Labute approximate surface area is 185 Å².